The van der Waals surface area contributed by atoms with E-state index in [0.717, 1.165) is 18.4 Å². The quantitative estimate of drug-likeness (QED) is 0.778. The van der Waals surface area contributed by atoms with E-state index in [1.807, 2.05) is 13.1 Å². The molecule has 4 heteroatoms. The number of nitrogens with one attached hydrogen (secondary N) is 1. The van der Waals surface area contributed by atoms with Crippen LogP contribution in [-0.4, -0.2) is 20.7 Å². The molecule has 1 unspecified atom stereocenters. The molecule has 0 amide bonds. The number of hydrogen-bond acceptors (Lipinski definition) is 3. The molecule has 0 spiro atoms. The van der Waals surface area contributed by atoms with Gasteiger partial charge >= 0.3 is 0 Å². The minimum Gasteiger partial charge on any atom is -0.494 e. The number of benzene rings is 1. The van der Waals surface area contributed by atoms with E-state index in [-0.39, 0.29) is 17.6 Å². The van der Waals surface area contributed by atoms with Gasteiger partial charge in [0.05, 0.1) is 7.11 Å². The molecule has 1 aromatic rings. The summed E-state index contributed by atoms with van der Waals surface area (Å²) >= 11 is 0. The van der Waals surface area contributed by atoms with Crippen LogP contribution < -0.4 is 15.8 Å². The van der Waals surface area contributed by atoms with Gasteiger partial charge in [-0.05, 0) is 44.1 Å². The summed E-state index contributed by atoms with van der Waals surface area (Å²) in [6.45, 7) is 0.650. The van der Waals surface area contributed by atoms with Gasteiger partial charge in [-0.2, -0.15) is 0 Å². The number of nitrogens with two attached hydrogens (primary N) is 1. The highest BCUT2D eigenvalue weighted by Gasteiger charge is 2.11. The second kappa shape index (κ2) is 6.45. The van der Waals surface area contributed by atoms with E-state index in [9.17, 15) is 4.39 Å². The molecular formula is C12H19FN2O. The predicted octanol–water partition coefficient (Wildman–Crippen LogP) is 1.83. The van der Waals surface area contributed by atoms with Crippen molar-refractivity contribution in [3.63, 3.8) is 0 Å². The van der Waals surface area contributed by atoms with Gasteiger partial charge in [0.25, 0.3) is 0 Å². The average molecular weight is 226 g/mol. The molecule has 0 aromatic heterocycles. The fourth-order valence-corrected chi connectivity index (χ4v) is 1.70. The SMILES string of the molecule is CNC(CCCN)c1ccc(OC)c(F)c1. The van der Waals surface area contributed by atoms with Crippen molar-refractivity contribution in [2.75, 3.05) is 20.7 Å². The van der Waals surface area contributed by atoms with Crippen LogP contribution in [-0.2, 0) is 0 Å². The van der Waals surface area contributed by atoms with Crippen LogP contribution in [0.1, 0.15) is 24.4 Å². The molecule has 3 nitrogen and oxygen atoms in total. The van der Waals surface area contributed by atoms with Gasteiger partial charge in [-0.1, -0.05) is 6.07 Å². The minimum atomic E-state index is -0.326. The van der Waals surface area contributed by atoms with Crippen LogP contribution in [0, 0.1) is 5.82 Å². The van der Waals surface area contributed by atoms with Crippen molar-refractivity contribution in [2.24, 2.45) is 5.73 Å². The van der Waals surface area contributed by atoms with E-state index in [0.29, 0.717) is 6.54 Å². The molecule has 3 N–H and O–H groups in total. The van der Waals surface area contributed by atoms with Crippen molar-refractivity contribution in [3.8, 4) is 5.75 Å². The van der Waals surface area contributed by atoms with Gasteiger partial charge in [0.2, 0.25) is 0 Å². The Balaban J connectivity index is 2.80. The monoisotopic (exact) mass is 226 g/mol. The lowest BCUT2D eigenvalue weighted by Crippen LogP contribution is -2.17. The molecule has 0 saturated carbocycles. The van der Waals surface area contributed by atoms with Crippen LogP contribution in [0.3, 0.4) is 0 Å². The Kier molecular flexibility index (Phi) is 5.22. The van der Waals surface area contributed by atoms with E-state index in [1.165, 1.54) is 13.2 Å². The van der Waals surface area contributed by atoms with Gasteiger partial charge in [0, 0.05) is 6.04 Å². The molecule has 0 fully saturated rings. The lowest BCUT2D eigenvalue weighted by molar-refractivity contribution is 0.385. The van der Waals surface area contributed by atoms with Crippen molar-refractivity contribution >= 4 is 0 Å². The zero-order valence-corrected chi connectivity index (χ0v) is 9.79. The smallest absolute Gasteiger partial charge is 0.165 e. The summed E-state index contributed by atoms with van der Waals surface area (Å²) in [4.78, 5) is 0. The first-order valence-electron chi connectivity index (χ1n) is 5.43. The van der Waals surface area contributed by atoms with Crippen LogP contribution >= 0.6 is 0 Å². The summed E-state index contributed by atoms with van der Waals surface area (Å²) < 4.78 is 18.4. The minimum absolute atomic E-state index is 0.143. The Morgan fingerprint density at radius 3 is 2.75 bits per heavy atom. The van der Waals surface area contributed by atoms with Crippen molar-refractivity contribution in [1.82, 2.24) is 5.32 Å². The highest BCUT2D eigenvalue weighted by molar-refractivity contribution is 5.31. The first-order valence-corrected chi connectivity index (χ1v) is 5.43. The van der Waals surface area contributed by atoms with E-state index in [4.69, 9.17) is 10.5 Å². The topological polar surface area (TPSA) is 47.3 Å². The average Bonchev–Trinajstić information content (AvgIpc) is 2.30. The van der Waals surface area contributed by atoms with E-state index in [1.54, 1.807) is 6.07 Å². The van der Waals surface area contributed by atoms with Crippen LogP contribution in [0.4, 0.5) is 4.39 Å². The second-order valence-electron chi connectivity index (χ2n) is 3.67. The molecule has 0 aliphatic carbocycles. The first-order chi connectivity index (χ1) is 7.72. The summed E-state index contributed by atoms with van der Waals surface area (Å²) in [6.07, 6.45) is 1.82. The third kappa shape index (κ3) is 3.18. The summed E-state index contributed by atoms with van der Waals surface area (Å²) in [6, 6.07) is 5.18. The summed E-state index contributed by atoms with van der Waals surface area (Å²) in [5.41, 5.74) is 6.39. The Labute approximate surface area is 95.8 Å². The van der Waals surface area contributed by atoms with Crippen molar-refractivity contribution in [3.05, 3.63) is 29.6 Å². The molecule has 0 bridgehead atoms. The molecule has 0 aliphatic rings. The van der Waals surface area contributed by atoms with Gasteiger partial charge in [-0.25, -0.2) is 4.39 Å². The van der Waals surface area contributed by atoms with Crippen molar-refractivity contribution in [2.45, 2.75) is 18.9 Å². The number of hydrogen-bond donors (Lipinski definition) is 2. The Morgan fingerprint density at radius 1 is 1.50 bits per heavy atom. The Morgan fingerprint density at radius 2 is 2.25 bits per heavy atom. The molecular weight excluding hydrogens is 207 g/mol. The van der Waals surface area contributed by atoms with Crippen LogP contribution in [0.25, 0.3) is 0 Å². The number of methoxy groups -OCH3 is 1. The maximum atomic E-state index is 13.5. The normalized spacial score (nSPS) is 12.5. The largest absolute Gasteiger partial charge is 0.494 e. The lowest BCUT2D eigenvalue weighted by atomic mass is 10.0. The molecule has 1 atom stereocenters. The van der Waals surface area contributed by atoms with E-state index in [2.05, 4.69) is 5.32 Å². The second-order valence-corrected chi connectivity index (χ2v) is 3.67. The highest BCUT2D eigenvalue weighted by Crippen LogP contribution is 2.23. The lowest BCUT2D eigenvalue weighted by Gasteiger charge is -2.16. The van der Waals surface area contributed by atoms with Gasteiger partial charge in [-0.3, -0.25) is 0 Å². The maximum absolute atomic E-state index is 13.5. The summed E-state index contributed by atoms with van der Waals surface area (Å²) in [5.74, 6) is -0.0505. The highest BCUT2D eigenvalue weighted by atomic mass is 19.1. The fourth-order valence-electron chi connectivity index (χ4n) is 1.70. The molecule has 0 aliphatic heterocycles. The van der Waals surface area contributed by atoms with Crippen molar-refractivity contribution in [1.29, 1.82) is 0 Å². The third-order valence-electron chi connectivity index (χ3n) is 2.62. The Hall–Kier alpha value is -1.13. The van der Waals surface area contributed by atoms with Crippen LogP contribution in [0.15, 0.2) is 18.2 Å². The van der Waals surface area contributed by atoms with E-state index >= 15 is 0 Å². The molecule has 1 rings (SSSR count). The number of rotatable bonds is 6. The van der Waals surface area contributed by atoms with Crippen LogP contribution in [0.2, 0.25) is 0 Å². The van der Waals surface area contributed by atoms with Gasteiger partial charge < -0.3 is 15.8 Å². The van der Waals surface area contributed by atoms with E-state index < -0.39 is 0 Å². The predicted molar refractivity (Wildman–Crippen MR) is 63.0 cm³/mol. The number of ether oxygens (including phenoxy) is 1. The van der Waals surface area contributed by atoms with Gasteiger partial charge in [0.15, 0.2) is 11.6 Å². The molecule has 0 heterocycles. The van der Waals surface area contributed by atoms with Gasteiger partial charge in [0.1, 0.15) is 0 Å². The fraction of sp³-hybridized carbons (Fsp3) is 0.500. The number of halogens is 1. The first kappa shape index (κ1) is 12.9. The Bertz CT molecular complexity index is 331. The molecule has 16 heavy (non-hydrogen) atoms. The maximum Gasteiger partial charge on any atom is 0.165 e. The summed E-state index contributed by atoms with van der Waals surface area (Å²) in [7, 11) is 3.32. The molecule has 1 aromatic carbocycles. The summed E-state index contributed by atoms with van der Waals surface area (Å²) in [5, 5.41) is 3.15. The molecule has 0 radical (unpaired) electrons. The standard InChI is InChI=1S/C12H19FN2O/c1-15-11(4-3-7-14)9-5-6-12(16-2)10(13)8-9/h5-6,8,11,15H,3-4,7,14H2,1-2H3. The van der Waals surface area contributed by atoms with Crippen molar-refractivity contribution < 1.29 is 9.13 Å². The van der Waals surface area contributed by atoms with Gasteiger partial charge in [-0.15, -0.1) is 0 Å². The zero-order valence-electron chi connectivity index (χ0n) is 9.79. The molecule has 90 valence electrons. The zero-order chi connectivity index (χ0) is 12.0. The van der Waals surface area contributed by atoms with Crippen LogP contribution in [0.5, 0.6) is 5.75 Å². The molecule has 0 saturated heterocycles. The third-order valence-corrected chi connectivity index (χ3v) is 2.62.